The third-order valence-corrected chi connectivity index (χ3v) is 4.26. The molecule has 0 bridgehead atoms. The zero-order valence-corrected chi connectivity index (χ0v) is 11.9. The zero-order chi connectivity index (χ0) is 14.1. The Balaban J connectivity index is 1.69. The number of hydrogen-bond acceptors (Lipinski definition) is 2. The van der Waals surface area contributed by atoms with E-state index in [1.165, 1.54) is 4.90 Å². The summed E-state index contributed by atoms with van der Waals surface area (Å²) in [5.74, 6) is -0.141. The van der Waals surface area contributed by atoms with Gasteiger partial charge in [0, 0.05) is 22.7 Å². The van der Waals surface area contributed by atoms with Crippen LogP contribution in [-0.2, 0) is 16.0 Å². The van der Waals surface area contributed by atoms with Gasteiger partial charge < -0.3 is 0 Å². The number of carbonyl (C=O) groups excluding carboxylic acids is 2. The third-order valence-electron chi connectivity index (χ3n) is 4.01. The van der Waals surface area contributed by atoms with E-state index in [9.17, 15) is 9.59 Å². The fourth-order valence-electron chi connectivity index (χ4n) is 2.89. The molecule has 0 saturated carbocycles. The van der Waals surface area contributed by atoms with E-state index in [1.807, 2.05) is 24.3 Å². The van der Waals surface area contributed by atoms with Gasteiger partial charge in [0.25, 0.3) is 11.8 Å². The number of hydrogen-bond donors (Lipinski definition) is 0. The molecule has 0 radical (unpaired) electrons. The Kier molecular flexibility index (Phi) is 3.62. The van der Waals surface area contributed by atoms with Gasteiger partial charge in [0.2, 0.25) is 0 Å². The lowest BCUT2D eigenvalue weighted by Crippen LogP contribution is -2.33. The van der Waals surface area contributed by atoms with Gasteiger partial charge in [-0.25, -0.2) is 0 Å². The molecule has 3 nitrogen and oxygen atoms in total. The topological polar surface area (TPSA) is 37.4 Å². The van der Waals surface area contributed by atoms with Gasteiger partial charge in [-0.05, 0) is 49.8 Å². The molecule has 0 atom stereocenters. The SMILES string of the molecule is O=C1C2=C(CCCC2)C(=O)N1CCc1ccc(Cl)cc1. The highest BCUT2D eigenvalue weighted by Gasteiger charge is 2.38. The first-order valence-electron chi connectivity index (χ1n) is 6.99. The van der Waals surface area contributed by atoms with Gasteiger partial charge in [0.1, 0.15) is 0 Å². The first-order valence-corrected chi connectivity index (χ1v) is 7.37. The highest BCUT2D eigenvalue weighted by atomic mass is 35.5. The highest BCUT2D eigenvalue weighted by molar-refractivity contribution is 6.30. The van der Waals surface area contributed by atoms with Crippen LogP contribution in [-0.4, -0.2) is 23.3 Å². The van der Waals surface area contributed by atoms with Gasteiger partial charge in [-0.1, -0.05) is 23.7 Å². The number of amides is 2. The van der Waals surface area contributed by atoms with Crippen molar-refractivity contribution in [2.75, 3.05) is 6.54 Å². The normalized spacial score (nSPS) is 18.8. The van der Waals surface area contributed by atoms with Crippen molar-refractivity contribution in [2.24, 2.45) is 0 Å². The van der Waals surface area contributed by atoms with E-state index in [1.54, 1.807) is 0 Å². The number of nitrogens with zero attached hydrogens (tertiary/aromatic N) is 1. The van der Waals surface area contributed by atoms with Gasteiger partial charge >= 0.3 is 0 Å². The third kappa shape index (κ3) is 2.38. The second-order valence-electron chi connectivity index (χ2n) is 5.30. The Morgan fingerprint density at radius 2 is 1.50 bits per heavy atom. The molecule has 1 aromatic carbocycles. The van der Waals surface area contributed by atoms with Gasteiger partial charge in [-0.15, -0.1) is 0 Å². The number of rotatable bonds is 3. The molecule has 104 valence electrons. The molecule has 1 aromatic rings. The summed E-state index contributed by atoms with van der Waals surface area (Å²) in [6, 6.07) is 7.52. The van der Waals surface area contributed by atoms with Crippen molar-refractivity contribution in [1.29, 1.82) is 0 Å². The summed E-state index contributed by atoms with van der Waals surface area (Å²) in [5, 5.41) is 0.694. The summed E-state index contributed by atoms with van der Waals surface area (Å²) in [6.45, 7) is 0.451. The van der Waals surface area contributed by atoms with E-state index in [2.05, 4.69) is 0 Å². The average molecular weight is 290 g/mol. The van der Waals surface area contributed by atoms with Crippen LogP contribution in [0.4, 0.5) is 0 Å². The second kappa shape index (κ2) is 5.41. The van der Waals surface area contributed by atoms with Crippen LogP contribution in [0.5, 0.6) is 0 Å². The van der Waals surface area contributed by atoms with Crippen LogP contribution in [0, 0.1) is 0 Å². The first-order chi connectivity index (χ1) is 9.66. The molecule has 3 rings (SSSR count). The lowest BCUT2D eigenvalue weighted by atomic mass is 9.93. The smallest absolute Gasteiger partial charge is 0.257 e. The maximum Gasteiger partial charge on any atom is 0.257 e. The summed E-state index contributed by atoms with van der Waals surface area (Å²) < 4.78 is 0. The predicted molar refractivity (Wildman–Crippen MR) is 77.4 cm³/mol. The molecular weight excluding hydrogens is 274 g/mol. The van der Waals surface area contributed by atoms with Crippen LogP contribution in [0.2, 0.25) is 5.02 Å². The summed E-state index contributed by atoms with van der Waals surface area (Å²) in [5.41, 5.74) is 2.61. The van der Waals surface area contributed by atoms with Crippen LogP contribution in [0.3, 0.4) is 0 Å². The molecule has 0 aromatic heterocycles. The van der Waals surface area contributed by atoms with Gasteiger partial charge in [-0.3, -0.25) is 14.5 Å². The van der Waals surface area contributed by atoms with Crippen molar-refractivity contribution in [3.05, 3.63) is 46.0 Å². The van der Waals surface area contributed by atoms with Crippen molar-refractivity contribution in [1.82, 2.24) is 4.90 Å². The largest absolute Gasteiger partial charge is 0.275 e. The lowest BCUT2D eigenvalue weighted by Gasteiger charge is -2.14. The van der Waals surface area contributed by atoms with Crippen molar-refractivity contribution < 1.29 is 9.59 Å². The summed E-state index contributed by atoms with van der Waals surface area (Å²) in [7, 11) is 0. The molecule has 20 heavy (non-hydrogen) atoms. The Hall–Kier alpha value is -1.61. The molecule has 2 aliphatic rings. The molecule has 1 heterocycles. The molecule has 0 N–H and O–H groups in total. The quantitative estimate of drug-likeness (QED) is 0.802. The monoisotopic (exact) mass is 289 g/mol. The van der Waals surface area contributed by atoms with E-state index in [0.717, 1.165) is 42.4 Å². The first kappa shape index (κ1) is 13.4. The molecule has 4 heteroatoms. The van der Waals surface area contributed by atoms with E-state index in [4.69, 9.17) is 11.6 Å². The molecule has 0 unspecified atom stereocenters. The minimum Gasteiger partial charge on any atom is -0.275 e. The van der Waals surface area contributed by atoms with E-state index >= 15 is 0 Å². The predicted octanol–water partition coefficient (Wildman–Crippen LogP) is 3.12. The summed E-state index contributed by atoms with van der Waals surface area (Å²) in [4.78, 5) is 25.9. The molecule has 0 spiro atoms. The average Bonchev–Trinajstić information content (AvgIpc) is 2.71. The minimum atomic E-state index is -0.0707. The van der Waals surface area contributed by atoms with E-state index in [0.29, 0.717) is 18.0 Å². The van der Waals surface area contributed by atoms with E-state index in [-0.39, 0.29) is 11.8 Å². The summed E-state index contributed by atoms with van der Waals surface area (Å²) >= 11 is 5.84. The van der Waals surface area contributed by atoms with Gasteiger partial charge in [0.05, 0.1) is 0 Å². The Bertz CT molecular complexity index is 561. The van der Waals surface area contributed by atoms with Crippen LogP contribution in [0.1, 0.15) is 31.2 Å². The van der Waals surface area contributed by atoms with Crippen LogP contribution >= 0.6 is 11.6 Å². The minimum absolute atomic E-state index is 0.0707. The van der Waals surface area contributed by atoms with Crippen LogP contribution in [0.15, 0.2) is 35.4 Å². The Morgan fingerprint density at radius 1 is 0.950 bits per heavy atom. The maximum atomic E-state index is 12.3. The van der Waals surface area contributed by atoms with Crippen LogP contribution < -0.4 is 0 Å². The molecule has 0 fully saturated rings. The van der Waals surface area contributed by atoms with Crippen LogP contribution in [0.25, 0.3) is 0 Å². The number of benzene rings is 1. The van der Waals surface area contributed by atoms with Crippen molar-refractivity contribution in [3.63, 3.8) is 0 Å². The molecule has 2 amide bonds. The summed E-state index contributed by atoms with van der Waals surface area (Å²) in [6.07, 6.45) is 4.23. The number of carbonyl (C=O) groups is 2. The molecule has 0 saturated heterocycles. The number of halogens is 1. The molecular formula is C16H16ClNO2. The second-order valence-corrected chi connectivity index (χ2v) is 5.74. The van der Waals surface area contributed by atoms with E-state index < -0.39 is 0 Å². The molecule has 1 aliphatic carbocycles. The Morgan fingerprint density at radius 3 is 2.05 bits per heavy atom. The fraction of sp³-hybridized carbons (Fsp3) is 0.375. The Labute approximate surface area is 123 Å². The van der Waals surface area contributed by atoms with Crippen molar-refractivity contribution >= 4 is 23.4 Å². The lowest BCUT2D eigenvalue weighted by molar-refractivity contribution is -0.137. The molecule has 1 aliphatic heterocycles. The fourth-order valence-corrected chi connectivity index (χ4v) is 3.02. The maximum absolute atomic E-state index is 12.3. The number of imide groups is 1. The van der Waals surface area contributed by atoms with Crippen molar-refractivity contribution in [2.45, 2.75) is 32.1 Å². The zero-order valence-electron chi connectivity index (χ0n) is 11.2. The van der Waals surface area contributed by atoms with Crippen molar-refractivity contribution in [3.8, 4) is 0 Å². The highest BCUT2D eigenvalue weighted by Crippen LogP contribution is 2.32. The van der Waals surface area contributed by atoms with Gasteiger partial charge in [0.15, 0.2) is 0 Å². The van der Waals surface area contributed by atoms with Gasteiger partial charge in [-0.2, -0.15) is 0 Å². The standard InChI is InChI=1S/C16H16ClNO2/c17-12-7-5-11(6-8-12)9-10-18-15(19)13-3-1-2-4-14(13)16(18)20/h5-8H,1-4,9-10H2.